The normalized spacial score (nSPS) is 12.5. The smallest absolute Gasteiger partial charge is 0.350 e. The Morgan fingerprint density at radius 1 is 1.30 bits per heavy atom. The molecule has 0 bridgehead atoms. The van der Waals surface area contributed by atoms with Crippen molar-refractivity contribution in [1.82, 2.24) is 19.5 Å². The highest BCUT2D eigenvalue weighted by Gasteiger charge is 2.17. The number of isothiocyanates is 1. The molecule has 3 N–H and O–H groups in total. The zero-order valence-electron chi connectivity index (χ0n) is 16.2. The van der Waals surface area contributed by atoms with E-state index in [1.807, 2.05) is 24.3 Å². The first kappa shape index (κ1) is 22.2. The van der Waals surface area contributed by atoms with Crippen LogP contribution in [0.25, 0.3) is 11.2 Å². The van der Waals surface area contributed by atoms with Crippen molar-refractivity contribution in [1.29, 1.82) is 0 Å². The van der Waals surface area contributed by atoms with Crippen molar-refractivity contribution >= 4 is 47.6 Å². The van der Waals surface area contributed by atoms with Crippen LogP contribution in [0, 0.1) is 0 Å². The van der Waals surface area contributed by atoms with E-state index in [9.17, 15) is 4.57 Å². The van der Waals surface area contributed by atoms with Crippen LogP contribution in [0.3, 0.4) is 0 Å². The predicted octanol–water partition coefficient (Wildman–Crippen LogP) is 2.76. The number of nitrogens with one attached hydrogen (secondary N) is 1. The molecule has 0 amide bonds. The zero-order valence-corrected chi connectivity index (χ0v) is 17.9. The van der Waals surface area contributed by atoms with Crippen LogP contribution in [0.1, 0.15) is 12.5 Å². The van der Waals surface area contributed by atoms with Gasteiger partial charge >= 0.3 is 7.60 Å². The molecule has 10 nitrogen and oxygen atoms in total. The molecular formula is C18H21N6O4PS. The third kappa shape index (κ3) is 6.24. The van der Waals surface area contributed by atoms with Gasteiger partial charge in [-0.1, -0.05) is 12.1 Å². The Bertz CT molecular complexity index is 1090. The number of aliphatic imine (C=N–C) groups is 1. The van der Waals surface area contributed by atoms with Crippen LogP contribution in [0.4, 0.5) is 11.5 Å². The first-order chi connectivity index (χ1) is 14.4. The van der Waals surface area contributed by atoms with Gasteiger partial charge in [0.1, 0.15) is 18.2 Å². The van der Waals surface area contributed by atoms with E-state index in [-0.39, 0.29) is 0 Å². The Hall–Kier alpha value is -2.52. The molecule has 0 saturated carbocycles. The molecule has 0 aliphatic carbocycles. The maximum Gasteiger partial charge on any atom is 0.350 e. The molecule has 3 aromatic rings. The fourth-order valence-corrected chi connectivity index (χ4v) is 3.37. The third-order valence-corrected chi connectivity index (χ3v) is 4.78. The molecular weight excluding hydrogens is 427 g/mol. The predicted molar refractivity (Wildman–Crippen MR) is 116 cm³/mol. The Labute approximate surface area is 178 Å². The lowest BCUT2D eigenvalue weighted by atomic mass is 10.1. The van der Waals surface area contributed by atoms with E-state index in [4.69, 9.17) is 14.5 Å². The topological polar surface area (TPSA) is 135 Å². The molecule has 1 atom stereocenters. The molecule has 3 rings (SSSR count). The van der Waals surface area contributed by atoms with Crippen molar-refractivity contribution in [3.8, 4) is 0 Å². The molecule has 2 heterocycles. The minimum absolute atomic E-state index is 0.351. The van der Waals surface area contributed by atoms with E-state index >= 15 is 0 Å². The minimum Gasteiger partial charge on any atom is -0.368 e. The molecule has 0 fully saturated rings. The number of rotatable bonds is 10. The van der Waals surface area contributed by atoms with Gasteiger partial charge in [0.2, 0.25) is 0 Å². The van der Waals surface area contributed by atoms with Crippen LogP contribution in [0.5, 0.6) is 0 Å². The van der Waals surface area contributed by atoms with Crippen molar-refractivity contribution in [3.63, 3.8) is 0 Å². The minimum atomic E-state index is -4.21. The molecule has 0 unspecified atom stereocenters. The molecule has 0 saturated heterocycles. The van der Waals surface area contributed by atoms with E-state index in [0.717, 1.165) is 17.7 Å². The Morgan fingerprint density at radius 2 is 2.07 bits per heavy atom. The van der Waals surface area contributed by atoms with Crippen molar-refractivity contribution < 1.29 is 19.1 Å². The van der Waals surface area contributed by atoms with E-state index < -0.39 is 20.0 Å². The fourth-order valence-electron chi connectivity index (χ4n) is 2.81. The lowest BCUT2D eigenvalue weighted by Gasteiger charge is -2.14. The molecule has 0 aliphatic rings. The van der Waals surface area contributed by atoms with Crippen molar-refractivity contribution in [2.24, 2.45) is 4.99 Å². The summed E-state index contributed by atoms with van der Waals surface area (Å²) in [5.41, 5.74) is 3.13. The SMILES string of the molecule is C[C@H](Cn1cnc2c(NCCc3ccc(N=C=S)cc3)ncnc21)OCP(=O)(O)O. The second-order valence-corrected chi connectivity index (χ2v) is 8.38. The van der Waals surface area contributed by atoms with E-state index in [1.54, 1.807) is 17.8 Å². The maximum absolute atomic E-state index is 11.0. The quantitative estimate of drug-likeness (QED) is 0.243. The van der Waals surface area contributed by atoms with Crippen LogP contribution < -0.4 is 5.32 Å². The van der Waals surface area contributed by atoms with Gasteiger partial charge in [-0.05, 0) is 43.3 Å². The fraction of sp³-hybridized carbons (Fsp3) is 0.333. The van der Waals surface area contributed by atoms with Crippen molar-refractivity contribution in [2.45, 2.75) is 26.0 Å². The molecule has 0 spiro atoms. The highest BCUT2D eigenvalue weighted by atomic mass is 32.1. The van der Waals surface area contributed by atoms with Gasteiger partial charge in [-0.2, -0.15) is 4.99 Å². The van der Waals surface area contributed by atoms with Crippen molar-refractivity contribution in [3.05, 3.63) is 42.5 Å². The standard InChI is InChI=1S/C18H21N6O4PS/c1-13(28-12-29(25,26)27)8-24-10-22-16-17(20-9-21-18(16)24)19-7-6-14-2-4-15(5-3-14)23-11-30/h2-5,9-10,13H,6-8,12H2,1H3,(H,19,20,21)(H2,25,26,27)/t13-/m1/s1. The van der Waals surface area contributed by atoms with Gasteiger partial charge in [0.15, 0.2) is 11.5 Å². The van der Waals surface area contributed by atoms with Crippen LogP contribution in [-0.2, 0) is 22.3 Å². The van der Waals surface area contributed by atoms with Gasteiger partial charge < -0.3 is 24.4 Å². The lowest BCUT2D eigenvalue weighted by molar-refractivity contribution is 0.0764. The number of thiocarbonyl (C=S) groups is 1. The van der Waals surface area contributed by atoms with Crippen LogP contribution >= 0.6 is 19.8 Å². The van der Waals surface area contributed by atoms with Gasteiger partial charge in [-0.25, -0.2) is 15.0 Å². The monoisotopic (exact) mass is 448 g/mol. The summed E-state index contributed by atoms with van der Waals surface area (Å²) in [7, 11) is -4.21. The number of aromatic nitrogens is 4. The lowest BCUT2D eigenvalue weighted by Crippen LogP contribution is -2.17. The van der Waals surface area contributed by atoms with Gasteiger partial charge in [0.05, 0.1) is 29.8 Å². The molecule has 1 aromatic carbocycles. The number of imidazole rings is 1. The van der Waals surface area contributed by atoms with Crippen LogP contribution in [0.2, 0.25) is 0 Å². The van der Waals surface area contributed by atoms with Crippen LogP contribution in [-0.4, -0.2) is 53.5 Å². The van der Waals surface area contributed by atoms with E-state index in [2.05, 4.69) is 42.6 Å². The molecule has 12 heteroatoms. The maximum atomic E-state index is 11.0. The molecule has 158 valence electrons. The second-order valence-electron chi connectivity index (χ2n) is 6.61. The van der Waals surface area contributed by atoms with E-state index in [0.29, 0.717) is 30.1 Å². The number of hydrogen-bond donors (Lipinski definition) is 3. The summed E-state index contributed by atoms with van der Waals surface area (Å²) in [5, 5.41) is 5.62. The molecule has 0 aliphatic heterocycles. The zero-order chi connectivity index (χ0) is 21.6. The summed E-state index contributed by atoms with van der Waals surface area (Å²) < 4.78 is 17.9. The average molecular weight is 448 g/mol. The molecule has 2 aromatic heterocycles. The number of nitrogens with zero attached hydrogens (tertiary/aromatic N) is 5. The number of fused-ring (bicyclic) bond motifs is 1. The Balaban J connectivity index is 1.62. The van der Waals surface area contributed by atoms with E-state index in [1.165, 1.54) is 6.33 Å². The van der Waals surface area contributed by atoms with Gasteiger partial charge in [0, 0.05) is 6.54 Å². The highest BCUT2D eigenvalue weighted by molar-refractivity contribution is 7.78. The molecule has 30 heavy (non-hydrogen) atoms. The number of benzene rings is 1. The summed E-state index contributed by atoms with van der Waals surface area (Å²) in [6.45, 7) is 2.73. The number of anilines is 1. The number of ether oxygens (including phenoxy) is 1. The first-order valence-corrected chi connectivity index (χ1v) is 11.3. The second kappa shape index (κ2) is 9.99. The summed E-state index contributed by atoms with van der Waals surface area (Å²) in [5.74, 6) is 0.615. The van der Waals surface area contributed by atoms with Crippen LogP contribution in [0.15, 0.2) is 41.9 Å². The first-order valence-electron chi connectivity index (χ1n) is 9.08. The highest BCUT2D eigenvalue weighted by Crippen LogP contribution is 2.34. The van der Waals surface area contributed by atoms with Crippen molar-refractivity contribution in [2.75, 3.05) is 18.2 Å². The summed E-state index contributed by atoms with van der Waals surface area (Å²) in [4.78, 5) is 34.7. The average Bonchev–Trinajstić information content (AvgIpc) is 3.11. The van der Waals surface area contributed by atoms with Gasteiger partial charge in [-0.15, -0.1) is 0 Å². The van der Waals surface area contributed by atoms with Gasteiger partial charge in [-0.3, -0.25) is 4.57 Å². The summed E-state index contributed by atoms with van der Waals surface area (Å²) in [6, 6.07) is 7.73. The Kier molecular flexibility index (Phi) is 7.38. The third-order valence-electron chi connectivity index (χ3n) is 4.20. The molecule has 0 radical (unpaired) electrons. The number of hydrogen-bond acceptors (Lipinski definition) is 8. The van der Waals surface area contributed by atoms with Gasteiger partial charge in [0.25, 0.3) is 0 Å². The largest absolute Gasteiger partial charge is 0.368 e. The summed E-state index contributed by atoms with van der Waals surface area (Å²) in [6.07, 6.45) is 2.79. The Morgan fingerprint density at radius 3 is 2.77 bits per heavy atom. The summed E-state index contributed by atoms with van der Waals surface area (Å²) >= 11 is 4.60.